The van der Waals surface area contributed by atoms with E-state index >= 15 is 0 Å². The number of aromatic nitrogens is 6. The Hall–Kier alpha value is -3.01. The second kappa shape index (κ2) is 8.41. The van der Waals surface area contributed by atoms with Crippen LogP contribution in [0.15, 0.2) is 24.4 Å². The van der Waals surface area contributed by atoms with Gasteiger partial charge in [-0.25, -0.2) is 4.68 Å². The molecule has 1 aliphatic rings. The Labute approximate surface area is 195 Å². The predicted molar refractivity (Wildman–Crippen MR) is 137 cm³/mol. The van der Waals surface area contributed by atoms with E-state index in [0.717, 1.165) is 58.9 Å². The Morgan fingerprint density at radius 3 is 2.67 bits per heavy atom. The molecule has 0 unspecified atom stereocenters. The Balaban J connectivity index is 1.39. The molecule has 2 N–H and O–H groups in total. The van der Waals surface area contributed by atoms with Crippen LogP contribution in [-0.4, -0.2) is 78.0 Å². The molecule has 0 spiro atoms. The quantitative estimate of drug-likeness (QED) is 0.410. The minimum absolute atomic E-state index is 0.102. The van der Waals surface area contributed by atoms with Crippen molar-refractivity contribution < 1.29 is 9.47 Å². The van der Waals surface area contributed by atoms with Crippen molar-refractivity contribution in [2.75, 3.05) is 12.4 Å². The zero-order valence-corrected chi connectivity index (χ0v) is 19.8. The number of methoxy groups -OCH3 is 1. The van der Waals surface area contributed by atoms with Crippen LogP contribution >= 0.6 is 0 Å². The van der Waals surface area contributed by atoms with Gasteiger partial charge in [0.05, 0.1) is 24.1 Å². The summed E-state index contributed by atoms with van der Waals surface area (Å²) >= 11 is 0. The molecule has 0 amide bonds. The first kappa shape index (κ1) is 21.8. The summed E-state index contributed by atoms with van der Waals surface area (Å²) in [5, 5.41) is 12.5. The van der Waals surface area contributed by atoms with Crippen LogP contribution in [0.5, 0.6) is 5.88 Å². The van der Waals surface area contributed by atoms with E-state index in [-0.39, 0.29) is 5.30 Å². The van der Waals surface area contributed by atoms with Gasteiger partial charge in [0.25, 0.3) is 0 Å². The van der Waals surface area contributed by atoms with Gasteiger partial charge < -0.3 is 19.8 Å². The number of aromatic amines is 1. The van der Waals surface area contributed by atoms with Crippen LogP contribution < -0.4 is 10.1 Å². The van der Waals surface area contributed by atoms with Crippen molar-refractivity contribution in [3.05, 3.63) is 24.4 Å². The smallest absolute Gasteiger partial charge is 0.228 e. The summed E-state index contributed by atoms with van der Waals surface area (Å²) in [6, 6.07) is 6.39. The molecule has 0 radical (unpaired) electrons. The monoisotopic (exact) mass is 443 g/mol. The highest BCUT2D eigenvalue weighted by atomic mass is 16.5. The molecule has 1 fully saturated rings. The minimum atomic E-state index is -0.102. The Kier molecular flexibility index (Phi) is 5.56. The predicted octanol–water partition coefficient (Wildman–Crippen LogP) is 0.165. The summed E-state index contributed by atoms with van der Waals surface area (Å²) in [4.78, 5) is 12.7. The van der Waals surface area contributed by atoms with E-state index < -0.39 is 0 Å². The molecule has 0 atom stereocenters. The fourth-order valence-corrected chi connectivity index (χ4v) is 4.65. The summed E-state index contributed by atoms with van der Waals surface area (Å²) in [5.41, 5.74) is 4.58. The number of anilines is 1. The molecule has 3 aromatic heterocycles. The highest BCUT2D eigenvalue weighted by Gasteiger charge is 2.26. The second-order valence-corrected chi connectivity index (χ2v) is 9.75. The summed E-state index contributed by atoms with van der Waals surface area (Å²) < 4.78 is 13.6. The number of benzene rings is 1. The van der Waals surface area contributed by atoms with E-state index in [1.54, 1.807) is 11.8 Å². The normalized spacial score (nSPS) is 19.2. The Bertz CT molecular complexity index is 1290. The van der Waals surface area contributed by atoms with Gasteiger partial charge in [0, 0.05) is 24.8 Å². The van der Waals surface area contributed by atoms with Crippen molar-refractivity contribution in [3.63, 3.8) is 0 Å². The van der Waals surface area contributed by atoms with Crippen molar-refractivity contribution in [1.82, 2.24) is 29.9 Å². The summed E-state index contributed by atoms with van der Waals surface area (Å²) in [6.45, 7) is 0. The van der Waals surface area contributed by atoms with E-state index in [1.165, 1.54) is 0 Å². The van der Waals surface area contributed by atoms with Crippen molar-refractivity contribution in [2.24, 2.45) is 7.05 Å². The van der Waals surface area contributed by atoms with Gasteiger partial charge in [0.2, 0.25) is 11.8 Å². The number of fused-ring (bicyclic) bond motifs is 2. The van der Waals surface area contributed by atoms with Crippen LogP contribution in [0.2, 0.25) is 0 Å². The molecule has 3 heterocycles. The van der Waals surface area contributed by atoms with Gasteiger partial charge in [-0.15, -0.1) is 5.10 Å². The SMILES string of the molecule is BC(B)(B)O[C@H]1CC[C@H](Nc2nc(OC)c3c(-c4ccc5nnn(C)c5c4)c[nH]c3n2)CC1. The van der Waals surface area contributed by atoms with Crippen molar-refractivity contribution in [1.29, 1.82) is 0 Å². The fraction of sp³-hybridized carbons (Fsp3) is 0.429. The molecule has 12 heteroatoms. The summed E-state index contributed by atoms with van der Waals surface area (Å²) in [7, 11) is 9.87. The maximum Gasteiger partial charge on any atom is 0.228 e. The molecule has 0 aliphatic heterocycles. The first-order chi connectivity index (χ1) is 15.8. The van der Waals surface area contributed by atoms with E-state index in [2.05, 4.69) is 50.2 Å². The maximum absolute atomic E-state index is 6.15. The number of nitrogens with zero attached hydrogens (tertiary/aromatic N) is 5. The van der Waals surface area contributed by atoms with E-state index in [1.807, 2.05) is 25.4 Å². The molecule has 0 saturated heterocycles. The number of aryl methyl sites for hydroxylation is 1. The molecule has 1 aromatic carbocycles. The molecule has 1 aliphatic carbocycles. The lowest BCUT2D eigenvalue weighted by molar-refractivity contribution is 0.0202. The van der Waals surface area contributed by atoms with Crippen molar-refractivity contribution in [2.45, 2.75) is 43.1 Å². The topological polar surface area (TPSA) is 103 Å². The maximum atomic E-state index is 6.15. The number of H-pyrrole nitrogens is 1. The lowest BCUT2D eigenvalue weighted by Gasteiger charge is -2.34. The number of nitrogens with one attached hydrogen (secondary N) is 2. The summed E-state index contributed by atoms with van der Waals surface area (Å²) in [6.07, 6.45) is 6.39. The minimum Gasteiger partial charge on any atom is -0.480 e. The molecule has 9 nitrogen and oxygen atoms in total. The van der Waals surface area contributed by atoms with Gasteiger partial charge in [-0.2, -0.15) is 9.97 Å². The van der Waals surface area contributed by atoms with E-state index in [4.69, 9.17) is 19.4 Å². The molecule has 5 rings (SSSR count). The van der Waals surface area contributed by atoms with Crippen molar-refractivity contribution >= 4 is 51.6 Å². The molecular formula is C21H28B3N7O2. The van der Waals surface area contributed by atoms with Crippen LogP contribution in [0, 0.1) is 0 Å². The third kappa shape index (κ3) is 4.44. The third-order valence-corrected chi connectivity index (χ3v) is 6.14. The summed E-state index contributed by atoms with van der Waals surface area (Å²) in [5.74, 6) is 1.13. The van der Waals surface area contributed by atoms with Gasteiger partial charge in [-0.1, -0.05) is 11.3 Å². The molecule has 0 bridgehead atoms. The fourth-order valence-electron chi connectivity index (χ4n) is 4.65. The molecule has 4 aromatic rings. The van der Waals surface area contributed by atoms with Crippen LogP contribution in [-0.2, 0) is 11.8 Å². The number of hydrogen-bond donors (Lipinski definition) is 2. The number of rotatable bonds is 6. The van der Waals surface area contributed by atoms with Gasteiger partial charge in [-0.05, 0) is 48.7 Å². The zero-order valence-electron chi connectivity index (χ0n) is 19.8. The number of hydrogen-bond acceptors (Lipinski definition) is 7. The average molecular weight is 443 g/mol. The average Bonchev–Trinajstić information content (AvgIpc) is 3.37. The zero-order chi connectivity index (χ0) is 23.2. The van der Waals surface area contributed by atoms with Crippen LogP contribution in [0.4, 0.5) is 5.95 Å². The van der Waals surface area contributed by atoms with Gasteiger partial charge >= 0.3 is 0 Å². The highest BCUT2D eigenvalue weighted by Crippen LogP contribution is 2.35. The second-order valence-electron chi connectivity index (χ2n) is 9.75. The van der Waals surface area contributed by atoms with Crippen LogP contribution in [0.25, 0.3) is 33.2 Å². The van der Waals surface area contributed by atoms with Crippen molar-refractivity contribution in [3.8, 4) is 17.0 Å². The molecule has 33 heavy (non-hydrogen) atoms. The largest absolute Gasteiger partial charge is 0.480 e. The standard InChI is InChI=1S/C21H28B3N7O2/c1-31-16-9-11(3-8-15(16)29-30-31)14-10-25-18-17(14)19(32-2)28-20(27-18)26-12-4-6-13(7-5-12)33-21(22,23)24/h3,8-10,12-13H,4-7,22-24H2,1-2H3,(H2,25,26,27,28)/t12-,13-. The van der Waals surface area contributed by atoms with Crippen LogP contribution in [0.3, 0.4) is 0 Å². The molecular weight excluding hydrogens is 415 g/mol. The van der Waals surface area contributed by atoms with Gasteiger partial charge in [0.1, 0.15) is 34.7 Å². The van der Waals surface area contributed by atoms with Gasteiger partial charge in [-0.3, -0.25) is 0 Å². The van der Waals surface area contributed by atoms with E-state index in [0.29, 0.717) is 24.0 Å². The Morgan fingerprint density at radius 2 is 1.94 bits per heavy atom. The lowest BCUT2D eigenvalue weighted by Crippen LogP contribution is -2.41. The molecule has 168 valence electrons. The molecule has 1 saturated carbocycles. The third-order valence-electron chi connectivity index (χ3n) is 6.14. The first-order valence-electron chi connectivity index (χ1n) is 11.5. The Morgan fingerprint density at radius 1 is 1.15 bits per heavy atom. The lowest BCUT2D eigenvalue weighted by atomic mass is 9.52. The first-order valence-corrected chi connectivity index (χ1v) is 11.5. The number of ether oxygens (including phenoxy) is 2. The van der Waals surface area contributed by atoms with Crippen LogP contribution in [0.1, 0.15) is 25.7 Å². The van der Waals surface area contributed by atoms with Gasteiger partial charge in [0.15, 0.2) is 0 Å². The highest BCUT2D eigenvalue weighted by molar-refractivity contribution is 6.58. The van der Waals surface area contributed by atoms with E-state index in [9.17, 15) is 0 Å².